The van der Waals surface area contributed by atoms with Crippen molar-refractivity contribution in [3.8, 4) is 0 Å². The zero-order chi connectivity index (χ0) is 12.3. The monoisotopic (exact) mass is 241 g/mol. The van der Waals surface area contributed by atoms with E-state index < -0.39 is 6.10 Å². The van der Waals surface area contributed by atoms with E-state index in [1.807, 2.05) is 19.1 Å². The van der Waals surface area contributed by atoms with Crippen molar-refractivity contribution in [3.05, 3.63) is 34.9 Å². The summed E-state index contributed by atoms with van der Waals surface area (Å²) in [6, 6.07) is 7.33. The highest BCUT2D eigenvalue weighted by molar-refractivity contribution is 6.30. The van der Waals surface area contributed by atoms with Crippen LogP contribution in [-0.2, 0) is 0 Å². The quantitative estimate of drug-likeness (QED) is 0.852. The molecule has 2 N–H and O–H groups in total. The molecule has 2 atom stereocenters. The Hall–Kier alpha value is -0.570. The van der Waals surface area contributed by atoms with Gasteiger partial charge in [0.05, 0.1) is 6.10 Å². The first-order chi connectivity index (χ1) is 7.29. The van der Waals surface area contributed by atoms with E-state index in [-0.39, 0.29) is 11.6 Å². The summed E-state index contributed by atoms with van der Waals surface area (Å²) in [5.74, 6) is 0. The van der Waals surface area contributed by atoms with Crippen molar-refractivity contribution >= 4 is 11.6 Å². The Kier molecular flexibility index (Phi) is 4.36. The van der Waals surface area contributed by atoms with E-state index in [1.165, 1.54) is 0 Å². The third kappa shape index (κ3) is 4.12. The summed E-state index contributed by atoms with van der Waals surface area (Å²) < 4.78 is 0. The molecule has 0 heterocycles. The van der Waals surface area contributed by atoms with Crippen LogP contribution >= 0.6 is 11.6 Å². The van der Waals surface area contributed by atoms with Crippen LogP contribution in [-0.4, -0.2) is 16.7 Å². The molecule has 0 fully saturated rings. The van der Waals surface area contributed by atoms with E-state index in [1.54, 1.807) is 12.1 Å². The molecule has 0 bridgehead atoms. The number of hydrogen-bond donors (Lipinski definition) is 2. The molecule has 0 radical (unpaired) electrons. The average molecular weight is 242 g/mol. The van der Waals surface area contributed by atoms with Gasteiger partial charge in [-0.15, -0.1) is 0 Å². The molecule has 0 spiro atoms. The maximum atomic E-state index is 10.2. The summed E-state index contributed by atoms with van der Waals surface area (Å²) >= 11 is 5.90. The van der Waals surface area contributed by atoms with Gasteiger partial charge in [-0.2, -0.15) is 0 Å². The second-order valence-electron chi connectivity index (χ2n) is 5.18. The fourth-order valence-corrected chi connectivity index (χ4v) is 1.94. The Morgan fingerprint density at radius 1 is 1.31 bits per heavy atom. The van der Waals surface area contributed by atoms with Gasteiger partial charge in [-0.1, -0.05) is 23.7 Å². The Morgan fingerprint density at radius 2 is 1.94 bits per heavy atom. The van der Waals surface area contributed by atoms with Crippen molar-refractivity contribution in [2.75, 3.05) is 0 Å². The minimum absolute atomic E-state index is 0.0149. The van der Waals surface area contributed by atoms with Crippen molar-refractivity contribution in [2.45, 2.75) is 45.4 Å². The number of aliphatic hydroxyl groups excluding tert-OH is 1. The van der Waals surface area contributed by atoms with Crippen LogP contribution in [0, 0.1) is 0 Å². The highest BCUT2D eigenvalue weighted by atomic mass is 35.5. The summed E-state index contributed by atoms with van der Waals surface area (Å²) in [5.41, 5.74) is 0.829. The predicted molar refractivity (Wildman–Crippen MR) is 68.8 cm³/mol. The first kappa shape index (κ1) is 13.5. The molecule has 0 aliphatic carbocycles. The van der Waals surface area contributed by atoms with Gasteiger partial charge >= 0.3 is 0 Å². The lowest BCUT2D eigenvalue weighted by Crippen LogP contribution is -2.44. The van der Waals surface area contributed by atoms with Crippen molar-refractivity contribution in [3.63, 3.8) is 0 Å². The van der Waals surface area contributed by atoms with Crippen LogP contribution in [0.5, 0.6) is 0 Å². The van der Waals surface area contributed by atoms with Gasteiger partial charge in [0.25, 0.3) is 0 Å². The lowest BCUT2D eigenvalue weighted by molar-refractivity contribution is 0.121. The van der Waals surface area contributed by atoms with Crippen LogP contribution in [0.15, 0.2) is 24.3 Å². The fraction of sp³-hybridized carbons (Fsp3) is 0.538. The number of rotatable bonds is 3. The molecular weight excluding hydrogens is 222 g/mol. The highest BCUT2D eigenvalue weighted by Crippen LogP contribution is 2.21. The minimum atomic E-state index is -0.544. The van der Waals surface area contributed by atoms with Gasteiger partial charge in [-0.3, -0.25) is 0 Å². The molecule has 0 aromatic heterocycles. The highest BCUT2D eigenvalue weighted by Gasteiger charge is 2.21. The van der Waals surface area contributed by atoms with Crippen molar-refractivity contribution < 1.29 is 5.11 Å². The molecule has 3 heteroatoms. The number of halogens is 1. The number of nitrogens with one attached hydrogen (secondary N) is 1. The molecule has 0 amide bonds. The van der Waals surface area contributed by atoms with Gasteiger partial charge in [-0.25, -0.2) is 0 Å². The first-order valence-corrected chi connectivity index (χ1v) is 5.88. The van der Waals surface area contributed by atoms with E-state index in [0.717, 1.165) is 5.56 Å². The molecule has 1 unspecified atom stereocenters. The van der Waals surface area contributed by atoms with E-state index in [4.69, 9.17) is 11.6 Å². The van der Waals surface area contributed by atoms with Crippen LogP contribution in [0.3, 0.4) is 0 Å². The molecule has 0 aliphatic heterocycles. The minimum Gasteiger partial charge on any atom is -0.387 e. The van der Waals surface area contributed by atoms with Crippen molar-refractivity contribution in [2.24, 2.45) is 0 Å². The lowest BCUT2D eigenvalue weighted by atomic mass is 10.00. The summed E-state index contributed by atoms with van der Waals surface area (Å²) in [6.07, 6.45) is -0.544. The Bertz CT molecular complexity index is 346. The smallest absolute Gasteiger partial charge is 0.0940 e. The molecule has 0 saturated heterocycles. The van der Waals surface area contributed by atoms with E-state index in [2.05, 4.69) is 26.1 Å². The third-order valence-corrected chi connectivity index (χ3v) is 2.56. The molecular formula is C13H20ClNO. The molecule has 2 nitrogen and oxygen atoms in total. The second kappa shape index (κ2) is 5.17. The maximum absolute atomic E-state index is 10.2. The molecule has 1 rings (SSSR count). The van der Waals surface area contributed by atoms with E-state index in [9.17, 15) is 5.11 Å². The van der Waals surface area contributed by atoms with Crippen LogP contribution in [0.4, 0.5) is 0 Å². The Morgan fingerprint density at radius 3 is 2.44 bits per heavy atom. The van der Waals surface area contributed by atoms with Gasteiger partial charge in [0.15, 0.2) is 0 Å². The Balaban J connectivity index is 2.74. The van der Waals surface area contributed by atoms with Crippen molar-refractivity contribution in [1.82, 2.24) is 5.32 Å². The lowest BCUT2D eigenvalue weighted by Gasteiger charge is -2.29. The fourth-order valence-electron chi connectivity index (χ4n) is 1.74. The predicted octanol–water partition coefficient (Wildman–Crippen LogP) is 3.15. The summed E-state index contributed by atoms with van der Waals surface area (Å²) in [5, 5.41) is 14.2. The van der Waals surface area contributed by atoms with Crippen LogP contribution < -0.4 is 5.32 Å². The van der Waals surface area contributed by atoms with Crippen LogP contribution in [0.25, 0.3) is 0 Å². The molecule has 16 heavy (non-hydrogen) atoms. The van der Waals surface area contributed by atoms with Gasteiger partial charge in [0.1, 0.15) is 0 Å². The number of hydrogen-bond acceptors (Lipinski definition) is 2. The molecule has 1 aromatic rings. The van der Waals surface area contributed by atoms with Crippen LogP contribution in [0.1, 0.15) is 39.4 Å². The summed E-state index contributed by atoms with van der Waals surface area (Å²) in [4.78, 5) is 0. The van der Waals surface area contributed by atoms with Crippen molar-refractivity contribution in [1.29, 1.82) is 0 Å². The molecule has 0 saturated carbocycles. The van der Waals surface area contributed by atoms with Gasteiger partial charge in [-0.05, 0) is 45.4 Å². The summed E-state index contributed by atoms with van der Waals surface area (Å²) in [6.45, 7) is 8.20. The number of benzene rings is 1. The summed E-state index contributed by atoms with van der Waals surface area (Å²) in [7, 11) is 0. The zero-order valence-corrected chi connectivity index (χ0v) is 11.0. The normalized spacial score (nSPS) is 15.9. The third-order valence-electron chi connectivity index (χ3n) is 2.32. The van der Waals surface area contributed by atoms with Gasteiger partial charge in [0.2, 0.25) is 0 Å². The second-order valence-corrected chi connectivity index (χ2v) is 5.62. The van der Waals surface area contributed by atoms with Crippen LogP contribution in [0.2, 0.25) is 5.02 Å². The van der Waals surface area contributed by atoms with E-state index >= 15 is 0 Å². The standard InChI is InChI=1S/C13H20ClNO/c1-9(15-13(2,3)4)12(16)10-6-5-7-11(14)8-10/h5-9,12,15-16H,1-4H3/t9?,12-/m1/s1. The SMILES string of the molecule is CC(NC(C)(C)C)[C@@H](O)c1cccc(Cl)c1. The first-order valence-electron chi connectivity index (χ1n) is 5.51. The molecule has 0 aliphatic rings. The maximum Gasteiger partial charge on any atom is 0.0940 e. The topological polar surface area (TPSA) is 32.3 Å². The molecule has 90 valence electrons. The average Bonchev–Trinajstić information content (AvgIpc) is 2.14. The largest absolute Gasteiger partial charge is 0.387 e. The molecule has 1 aromatic carbocycles. The van der Waals surface area contributed by atoms with E-state index in [0.29, 0.717) is 5.02 Å². The Labute approximate surface area is 103 Å². The van der Waals surface area contributed by atoms with Gasteiger partial charge < -0.3 is 10.4 Å². The van der Waals surface area contributed by atoms with Gasteiger partial charge in [0, 0.05) is 16.6 Å². The number of aliphatic hydroxyl groups is 1. The zero-order valence-electron chi connectivity index (χ0n) is 10.3.